The lowest BCUT2D eigenvalue weighted by atomic mass is 10.1. The molecule has 72 heavy (non-hydrogen) atoms. The number of unbranched alkanes of at least 4 members (excludes halogenated alkanes) is 14. The average Bonchev–Trinajstić information content (AvgIpc) is 3.36. The zero-order chi connectivity index (χ0) is 53.1. The molecule has 0 radical (unpaired) electrons. The Morgan fingerprint density at radius 3 is 0.972 bits per heavy atom. The molecule has 0 heterocycles. The number of aliphatic hydroxyl groups excluding tert-OH is 3. The predicted molar refractivity (Wildman–Crippen MR) is 288 cm³/mol. The van der Waals surface area contributed by atoms with Crippen LogP contribution in [0.2, 0.25) is 0 Å². The molecule has 15 nitrogen and oxygen atoms in total. The summed E-state index contributed by atoms with van der Waals surface area (Å²) in [4.78, 5) is 43.9. The van der Waals surface area contributed by atoms with Gasteiger partial charge in [0.15, 0.2) is 0 Å². The summed E-state index contributed by atoms with van der Waals surface area (Å²) in [6, 6.07) is 0. The van der Waals surface area contributed by atoms with Gasteiger partial charge in [-0.1, -0.05) is 169 Å². The van der Waals surface area contributed by atoms with Gasteiger partial charge in [-0.3, -0.25) is 27.7 Å². The lowest BCUT2D eigenvalue weighted by Gasteiger charge is -2.19. The van der Waals surface area contributed by atoms with Gasteiger partial charge in [0.25, 0.3) is 0 Å². The monoisotopic (exact) mass is 1060 g/mol. The molecular weight excluding hydrogens is 963 g/mol. The molecule has 0 amide bonds. The summed E-state index contributed by atoms with van der Waals surface area (Å²) in [5.41, 5.74) is 0. The highest BCUT2D eigenvalue weighted by Gasteiger charge is 2.28. The van der Waals surface area contributed by atoms with Gasteiger partial charge in [0.1, 0.15) is 31.5 Å². The minimum atomic E-state index is -4.80. The highest BCUT2D eigenvalue weighted by molar-refractivity contribution is 7.47. The number of phosphoric ester groups is 2. The first-order valence-electron chi connectivity index (χ1n) is 26.6. The van der Waals surface area contributed by atoms with E-state index in [1.165, 1.54) is 44.9 Å². The van der Waals surface area contributed by atoms with Crippen molar-refractivity contribution in [1.29, 1.82) is 0 Å². The van der Waals surface area contributed by atoms with E-state index in [2.05, 4.69) is 125 Å². The van der Waals surface area contributed by atoms with E-state index >= 15 is 0 Å². The molecule has 0 aromatic carbocycles. The topological polar surface area (TPSA) is 225 Å². The maximum atomic E-state index is 12.2. The Bertz CT molecular complexity index is 1650. The van der Waals surface area contributed by atoms with Gasteiger partial charge < -0.3 is 34.6 Å². The smallest absolute Gasteiger partial charge is 0.463 e. The van der Waals surface area contributed by atoms with E-state index in [-0.39, 0.29) is 12.8 Å². The molecule has 0 aromatic rings. The van der Waals surface area contributed by atoms with Crippen LogP contribution in [0, 0.1) is 0 Å². The fraction of sp³-hybridized carbons (Fsp3) is 0.673. The van der Waals surface area contributed by atoms with Crippen LogP contribution in [-0.4, -0.2) is 95.0 Å². The zero-order valence-corrected chi connectivity index (χ0v) is 45.6. The van der Waals surface area contributed by atoms with Crippen molar-refractivity contribution in [2.45, 2.75) is 199 Å². The second-order valence-electron chi connectivity index (χ2n) is 17.5. The minimum absolute atomic E-state index is 0.153. The first-order valence-corrected chi connectivity index (χ1v) is 29.6. The molecule has 0 aliphatic rings. The van der Waals surface area contributed by atoms with Crippen LogP contribution in [0.15, 0.2) is 97.2 Å². The second-order valence-corrected chi connectivity index (χ2v) is 20.4. The number of phosphoric acid groups is 2. The van der Waals surface area contributed by atoms with E-state index in [0.717, 1.165) is 96.3 Å². The molecule has 17 heteroatoms. The molecule has 414 valence electrons. The first kappa shape index (κ1) is 69.0. The average molecular weight is 1060 g/mol. The third-order valence-corrected chi connectivity index (χ3v) is 12.4. The summed E-state index contributed by atoms with van der Waals surface area (Å²) < 4.78 is 53.1. The number of esters is 2. The minimum Gasteiger partial charge on any atom is -0.463 e. The third kappa shape index (κ3) is 51.8. The number of hydrogen-bond acceptors (Lipinski definition) is 13. The van der Waals surface area contributed by atoms with E-state index < -0.39 is 85.5 Å². The lowest BCUT2D eigenvalue weighted by molar-refractivity contribution is -0.148. The maximum absolute atomic E-state index is 12.2. The molecule has 5 unspecified atom stereocenters. The van der Waals surface area contributed by atoms with E-state index in [1.54, 1.807) is 0 Å². The van der Waals surface area contributed by atoms with Crippen molar-refractivity contribution < 1.29 is 71.4 Å². The Morgan fingerprint density at radius 2 is 0.639 bits per heavy atom. The van der Waals surface area contributed by atoms with Crippen LogP contribution in [0.1, 0.15) is 181 Å². The summed E-state index contributed by atoms with van der Waals surface area (Å²) in [5.74, 6) is -1.04. The van der Waals surface area contributed by atoms with Gasteiger partial charge in [0.05, 0.1) is 26.4 Å². The Balaban J connectivity index is 3.91. The molecule has 0 aliphatic heterocycles. The molecule has 0 saturated carbocycles. The van der Waals surface area contributed by atoms with Gasteiger partial charge in [-0.25, -0.2) is 9.13 Å². The fourth-order valence-corrected chi connectivity index (χ4v) is 8.01. The summed E-state index contributed by atoms with van der Waals surface area (Å²) in [6.07, 6.45) is 55.3. The van der Waals surface area contributed by atoms with Crippen LogP contribution >= 0.6 is 15.6 Å². The molecular formula is C55H94O15P2. The van der Waals surface area contributed by atoms with E-state index in [4.69, 9.17) is 14.0 Å². The SMILES string of the molecule is CC/C=C\C/C=C\C/C=C\C/C=C\C/C=C\CCCCCC(=O)OCC(O)COP(=O)(O)OCC(O)COP(=O)(O)OCC(O)COC(=O)CCCCCCCCCC/C=C\C/C=C\C/C=C\CCCCC. The van der Waals surface area contributed by atoms with Gasteiger partial charge >= 0.3 is 27.6 Å². The largest absolute Gasteiger partial charge is 0.472 e. The molecule has 0 rings (SSSR count). The molecule has 0 aliphatic carbocycles. The molecule has 0 bridgehead atoms. The number of ether oxygens (including phenoxy) is 2. The Morgan fingerprint density at radius 1 is 0.375 bits per heavy atom. The summed E-state index contributed by atoms with van der Waals surface area (Å²) in [6.45, 7) is 0.225. The van der Waals surface area contributed by atoms with Gasteiger partial charge in [0.2, 0.25) is 0 Å². The van der Waals surface area contributed by atoms with Crippen molar-refractivity contribution in [2.24, 2.45) is 0 Å². The van der Waals surface area contributed by atoms with Crippen LogP contribution in [0.3, 0.4) is 0 Å². The molecule has 0 spiro atoms. The van der Waals surface area contributed by atoms with Crippen molar-refractivity contribution in [3.8, 4) is 0 Å². The number of carbonyl (C=O) groups is 2. The summed E-state index contributed by atoms with van der Waals surface area (Å²) in [5, 5.41) is 30.1. The first-order chi connectivity index (χ1) is 34.8. The Kier molecular flexibility index (Phi) is 48.0. The van der Waals surface area contributed by atoms with E-state index in [0.29, 0.717) is 12.8 Å². The molecule has 0 fully saturated rings. The summed E-state index contributed by atoms with van der Waals surface area (Å²) in [7, 11) is -9.60. The van der Waals surface area contributed by atoms with E-state index in [9.17, 15) is 43.8 Å². The van der Waals surface area contributed by atoms with Crippen molar-refractivity contribution >= 4 is 27.6 Å². The normalized spacial score (nSPS) is 15.6. The van der Waals surface area contributed by atoms with Crippen LogP contribution in [0.5, 0.6) is 0 Å². The van der Waals surface area contributed by atoms with Gasteiger partial charge in [0, 0.05) is 12.8 Å². The number of carbonyl (C=O) groups excluding carboxylic acids is 2. The Labute approximate surface area is 433 Å². The number of rotatable bonds is 50. The van der Waals surface area contributed by atoms with E-state index in [1.807, 2.05) is 0 Å². The highest BCUT2D eigenvalue weighted by Crippen LogP contribution is 2.45. The van der Waals surface area contributed by atoms with Crippen LogP contribution in [0.4, 0.5) is 0 Å². The number of hydrogen-bond donors (Lipinski definition) is 5. The zero-order valence-electron chi connectivity index (χ0n) is 43.8. The van der Waals surface area contributed by atoms with Crippen molar-refractivity contribution in [1.82, 2.24) is 0 Å². The third-order valence-electron chi connectivity index (χ3n) is 10.5. The number of aliphatic hydroxyl groups is 3. The lowest BCUT2D eigenvalue weighted by Crippen LogP contribution is -2.25. The standard InChI is InChI=1S/C55H94O15P2/c1-3-5-7-9-11-13-15-17-19-21-23-24-26-28-30-32-34-36-38-40-42-44-55(60)66-46-52(57)48-68-72(63,64)70-50-53(58)49-69-71(61,62)67-47-51(56)45-65-54(59)43-41-39-37-35-33-31-29-27-25-22-20-18-16-14-12-10-8-6-4-2/h6,8,11-14,17-20,23-25,27,31,33,51-53,56-58H,3-5,7,9-10,15-16,21-22,26,28-30,32,34-50H2,1-2H3,(H,61,62)(H,63,64)/b8-6-,13-11-,14-12-,19-17-,20-18-,24-23-,27-25-,33-31-. The maximum Gasteiger partial charge on any atom is 0.472 e. The van der Waals surface area contributed by atoms with Crippen LogP contribution < -0.4 is 0 Å². The van der Waals surface area contributed by atoms with Gasteiger partial charge in [-0.05, 0) is 96.3 Å². The van der Waals surface area contributed by atoms with Crippen LogP contribution in [0.25, 0.3) is 0 Å². The van der Waals surface area contributed by atoms with Gasteiger partial charge in [-0.15, -0.1) is 0 Å². The second kappa shape index (κ2) is 50.1. The molecule has 5 atom stereocenters. The Hall–Kier alpha value is -3.04. The van der Waals surface area contributed by atoms with Crippen molar-refractivity contribution in [3.05, 3.63) is 97.2 Å². The van der Waals surface area contributed by atoms with Crippen molar-refractivity contribution in [2.75, 3.05) is 39.6 Å². The molecule has 0 saturated heterocycles. The van der Waals surface area contributed by atoms with Gasteiger partial charge in [-0.2, -0.15) is 0 Å². The number of allylic oxidation sites excluding steroid dienone is 16. The van der Waals surface area contributed by atoms with Crippen molar-refractivity contribution in [3.63, 3.8) is 0 Å². The molecule has 5 N–H and O–H groups in total. The highest BCUT2D eigenvalue weighted by atomic mass is 31.2. The fourth-order valence-electron chi connectivity index (χ4n) is 6.42. The quantitative estimate of drug-likeness (QED) is 0.0165. The summed E-state index contributed by atoms with van der Waals surface area (Å²) >= 11 is 0. The van der Waals surface area contributed by atoms with Crippen LogP contribution in [-0.2, 0) is 46.3 Å². The molecule has 0 aromatic heterocycles. The predicted octanol–water partition coefficient (Wildman–Crippen LogP) is 13.1.